The first-order valence-electron chi connectivity index (χ1n) is 11.1. The minimum absolute atomic E-state index is 0.158. The van der Waals surface area contributed by atoms with Gasteiger partial charge in [-0.2, -0.15) is 0 Å². The number of likely N-dealkylation sites (tertiary alicyclic amines) is 1. The fraction of sp³-hybridized carbons (Fsp3) is 0.360. The average molecular weight is 454 g/mol. The molecule has 168 valence electrons. The van der Waals surface area contributed by atoms with Crippen LogP contribution in [0.4, 0.5) is 5.69 Å². The fourth-order valence-corrected chi connectivity index (χ4v) is 4.34. The predicted molar refractivity (Wildman–Crippen MR) is 127 cm³/mol. The maximum Gasteiger partial charge on any atom is 0.291 e. The Morgan fingerprint density at radius 3 is 3.00 bits per heavy atom. The van der Waals surface area contributed by atoms with E-state index in [9.17, 15) is 9.59 Å². The number of ether oxygens (including phenoxy) is 1. The molecule has 6 nitrogen and oxygen atoms in total. The van der Waals surface area contributed by atoms with Crippen molar-refractivity contribution in [3.63, 3.8) is 0 Å². The lowest BCUT2D eigenvalue weighted by molar-refractivity contribution is -0.115. The molecule has 2 aromatic carbocycles. The molecule has 2 amide bonds. The predicted octanol–water partition coefficient (Wildman–Crippen LogP) is 4.56. The van der Waals surface area contributed by atoms with Crippen LogP contribution in [-0.2, 0) is 4.79 Å². The Morgan fingerprint density at radius 2 is 2.19 bits per heavy atom. The van der Waals surface area contributed by atoms with Crippen LogP contribution in [0.15, 0.2) is 48.2 Å². The van der Waals surface area contributed by atoms with Crippen molar-refractivity contribution in [1.82, 2.24) is 10.2 Å². The summed E-state index contributed by atoms with van der Waals surface area (Å²) in [6.07, 6.45) is 5.12. The number of nitrogens with one attached hydrogen (secondary N) is 2. The van der Waals surface area contributed by atoms with E-state index >= 15 is 0 Å². The van der Waals surface area contributed by atoms with E-state index in [1.807, 2.05) is 6.07 Å². The molecule has 1 fully saturated rings. The van der Waals surface area contributed by atoms with Crippen molar-refractivity contribution in [2.24, 2.45) is 5.92 Å². The molecular formula is C25H28ClN3O3. The van der Waals surface area contributed by atoms with Gasteiger partial charge in [-0.05, 0) is 80.2 Å². The molecule has 7 heteroatoms. The van der Waals surface area contributed by atoms with Crippen LogP contribution in [0.25, 0.3) is 6.08 Å². The van der Waals surface area contributed by atoms with Gasteiger partial charge in [0.25, 0.3) is 11.8 Å². The zero-order chi connectivity index (χ0) is 22.5. The number of halogens is 1. The summed E-state index contributed by atoms with van der Waals surface area (Å²) >= 11 is 6.01. The molecule has 1 atom stereocenters. The molecular weight excluding hydrogens is 426 g/mol. The number of anilines is 1. The summed E-state index contributed by atoms with van der Waals surface area (Å²) in [5.74, 6) is 0.893. The van der Waals surface area contributed by atoms with E-state index in [1.54, 1.807) is 42.5 Å². The number of hydrogen-bond donors (Lipinski definition) is 2. The molecule has 1 saturated heterocycles. The SMILES string of the molecule is CC1CCCN(CCCNC(=O)c2ccc3c(c2)NC(=O)C(=Cc2cccc(Cl)c2)O3)C1. The van der Waals surface area contributed by atoms with E-state index < -0.39 is 0 Å². The van der Waals surface area contributed by atoms with Crippen LogP contribution in [-0.4, -0.2) is 42.9 Å². The van der Waals surface area contributed by atoms with Crippen molar-refractivity contribution in [2.75, 3.05) is 31.5 Å². The summed E-state index contributed by atoms with van der Waals surface area (Å²) in [6, 6.07) is 12.2. The van der Waals surface area contributed by atoms with Gasteiger partial charge < -0.3 is 20.3 Å². The first-order chi connectivity index (χ1) is 15.5. The standard InChI is InChI=1S/C25H28ClN3O3/c1-17-5-3-11-29(16-17)12-4-10-27-24(30)19-8-9-22-21(15-19)28-25(31)23(32-22)14-18-6-2-7-20(26)13-18/h2,6-9,13-15,17H,3-5,10-12,16H2,1H3,(H,27,30)(H,28,31). The molecule has 0 aliphatic carbocycles. The van der Waals surface area contributed by atoms with Crippen LogP contribution < -0.4 is 15.4 Å². The molecule has 2 aliphatic heterocycles. The fourth-order valence-electron chi connectivity index (χ4n) is 4.15. The quantitative estimate of drug-likeness (QED) is 0.496. The third kappa shape index (κ3) is 5.69. The molecule has 0 spiro atoms. The smallest absolute Gasteiger partial charge is 0.291 e. The average Bonchev–Trinajstić information content (AvgIpc) is 2.77. The third-order valence-corrected chi connectivity index (χ3v) is 5.99. The second kappa shape index (κ2) is 10.2. The maximum absolute atomic E-state index is 12.6. The van der Waals surface area contributed by atoms with Crippen molar-refractivity contribution in [2.45, 2.75) is 26.2 Å². The molecule has 2 N–H and O–H groups in total. The number of rotatable bonds is 6. The minimum Gasteiger partial charge on any atom is -0.449 e. The highest BCUT2D eigenvalue weighted by Crippen LogP contribution is 2.32. The Morgan fingerprint density at radius 1 is 1.31 bits per heavy atom. The van der Waals surface area contributed by atoms with Crippen LogP contribution in [0.5, 0.6) is 5.75 Å². The number of benzene rings is 2. The summed E-state index contributed by atoms with van der Waals surface area (Å²) < 4.78 is 5.77. The van der Waals surface area contributed by atoms with E-state index in [1.165, 1.54) is 12.8 Å². The second-order valence-electron chi connectivity index (χ2n) is 8.49. The lowest BCUT2D eigenvalue weighted by Crippen LogP contribution is -2.36. The number of fused-ring (bicyclic) bond motifs is 1. The second-order valence-corrected chi connectivity index (χ2v) is 8.92. The van der Waals surface area contributed by atoms with Gasteiger partial charge in [0, 0.05) is 23.7 Å². The van der Waals surface area contributed by atoms with Gasteiger partial charge in [-0.3, -0.25) is 9.59 Å². The summed E-state index contributed by atoms with van der Waals surface area (Å²) in [7, 11) is 0. The zero-order valence-corrected chi connectivity index (χ0v) is 19.0. The van der Waals surface area contributed by atoms with Crippen molar-refractivity contribution < 1.29 is 14.3 Å². The number of piperidine rings is 1. The Labute approximate surface area is 193 Å². The van der Waals surface area contributed by atoms with Crippen molar-refractivity contribution in [1.29, 1.82) is 0 Å². The van der Waals surface area contributed by atoms with Crippen molar-refractivity contribution in [3.05, 3.63) is 64.4 Å². The van der Waals surface area contributed by atoms with Gasteiger partial charge in [0.2, 0.25) is 0 Å². The van der Waals surface area contributed by atoms with Gasteiger partial charge in [-0.25, -0.2) is 0 Å². The highest BCUT2D eigenvalue weighted by atomic mass is 35.5. The van der Waals surface area contributed by atoms with Gasteiger partial charge in [0.1, 0.15) is 0 Å². The molecule has 1 unspecified atom stereocenters. The Kier molecular flexibility index (Phi) is 7.12. The van der Waals surface area contributed by atoms with Crippen LogP contribution in [0, 0.1) is 5.92 Å². The highest BCUT2D eigenvalue weighted by molar-refractivity contribution is 6.30. The van der Waals surface area contributed by atoms with Crippen LogP contribution in [0.3, 0.4) is 0 Å². The molecule has 0 radical (unpaired) electrons. The van der Waals surface area contributed by atoms with Gasteiger partial charge in [-0.15, -0.1) is 0 Å². The summed E-state index contributed by atoms with van der Waals surface area (Å²) in [5, 5.41) is 6.35. The topological polar surface area (TPSA) is 70.7 Å². The Hall–Kier alpha value is -2.83. The Bertz CT molecular complexity index is 1040. The van der Waals surface area contributed by atoms with Crippen LogP contribution >= 0.6 is 11.6 Å². The molecule has 2 heterocycles. The largest absolute Gasteiger partial charge is 0.449 e. The lowest BCUT2D eigenvalue weighted by atomic mass is 10.0. The van der Waals surface area contributed by atoms with Crippen molar-refractivity contribution in [3.8, 4) is 5.75 Å². The Balaban J connectivity index is 1.33. The van der Waals surface area contributed by atoms with E-state index in [0.717, 1.165) is 37.5 Å². The molecule has 2 aromatic rings. The molecule has 0 bridgehead atoms. The van der Waals surface area contributed by atoms with Gasteiger partial charge >= 0.3 is 0 Å². The number of amides is 2. The maximum atomic E-state index is 12.6. The van der Waals surface area contributed by atoms with E-state index in [4.69, 9.17) is 16.3 Å². The first-order valence-corrected chi connectivity index (χ1v) is 11.5. The normalized spacial score (nSPS) is 19.8. The summed E-state index contributed by atoms with van der Waals surface area (Å²) in [5.41, 5.74) is 1.73. The lowest BCUT2D eigenvalue weighted by Gasteiger charge is -2.30. The van der Waals surface area contributed by atoms with Gasteiger partial charge in [0.05, 0.1) is 5.69 Å². The molecule has 0 aromatic heterocycles. The van der Waals surface area contributed by atoms with Crippen LogP contribution in [0.1, 0.15) is 42.1 Å². The molecule has 4 rings (SSSR count). The third-order valence-electron chi connectivity index (χ3n) is 5.76. The molecule has 32 heavy (non-hydrogen) atoms. The van der Waals surface area contributed by atoms with E-state index in [0.29, 0.717) is 28.6 Å². The minimum atomic E-state index is -0.370. The van der Waals surface area contributed by atoms with Crippen LogP contribution in [0.2, 0.25) is 5.02 Å². The first kappa shape index (κ1) is 22.4. The molecule has 2 aliphatic rings. The monoisotopic (exact) mass is 453 g/mol. The highest BCUT2D eigenvalue weighted by Gasteiger charge is 2.23. The van der Waals surface area contributed by atoms with Gasteiger partial charge in [-0.1, -0.05) is 30.7 Å². The van der Waals surface area contributed by atoms with E-state index in [2.05, 4.69) is 22.5 Å². The van der Waals surface area contributed by atoms with Crippen molar-refractivity contribution >= 4 is 35.2 Å². The summed E-state index contributed by atoms with van der Waals surface area (Å²) in [6.45, 7) is 6.21. The number of hydrogen-bond acceptors (Lipinski definition) is 4. The number of carbonyl (C=O) groups excluding carboxylic acids is 2. The number of carbonyl (C=O) groups is 2. The molecule has 0 saturated carbocycles. The summed E-state index contributed by atoms with van der Waals surface area (Å²) in [4.78, 5) is 27.5. The van der Waals surface area contributed by atoms with Gasteiger partial charge in [0.15, 0.2) is 11.5 Å². The zero-order valence-electron chi connectivity index (χ0n) is 18.2. The number of nitrogens with zero attached hydrogens (tertiary/aromatic N) is 1. The van der Waals surface area contributed by atoms with E-state index in [-0.39, 0.29) is 17.6 Å².